The first-order valence-corrected chi connectivity index (χ1v) is 8.90. The maximum Gasteiger partial charge on any atom is 0.251 e. The van der Waals surface area contributed by atoms with Gasteiger partial charge in [-0.15, -0.1) is 0 Å². The van der Waals surface area contributed by atoms with Gasteiger partial charge in [0.2, 0.25) is 0 Å². The summed E-state index contributed by atoms with van der Waals surface area (Å²) in [6.07, 6.45) is 4.50. The van der Waals surface area contributed by atoms with Crippen LogP contribution in [0.15, 0.2) is 48.7 Å². The van der Waals surface area contributed by atoms with Crippen molar-refractivity contribution in [1.82, 2.24) is 9.88 Å². The SMILES string of the molecule is Cc1ccc(C(=O)NCC2(c3cn(C)c4ccccc34)CC2)cc1C. The predicted molar refractivity (Wildman–Crippen MR) is 102 cm³/mol. The molecule has 0 radical (unpaired) electrons. The second kappa shape index (κ2) is 5.76. The van der Waals surface area contributed by atoms with Gasteiger partial charge < -0.3 is 9.88 Å². The number of nitrogens with one attached hydrogen (secondary N) is 1. The summed E-state index contributed by atoms with van der Waals surface area (Å²) in [4.78, 5) is 12.6. The highest BCUT2D eigenvalue weighted by Gasteiger charge is 2.46. The second-order valence-electron chi connectivity index (χ2n) is 7.43. The Hall–Kier alpha value is -2.55. The van der Waals surface area contributed by atoms with E-state index in [4.69, 9.17) is 0 Å². The minimum absolute atomic E-state index is 0.0228. The molecule has 1 N–H and O–H groups in total. The Balaban J connectivity index is 1.56. The van der Waals surface area contributed by atoms with Crippen LogP contribution in [0.5, 0.6) is 0 Å². The van der Waals surface area contributed by atoms with E-state index in [1.54, 1.807) is 0 Å². The number of amides is 1. The van der Waals surface area contributed by atoms with E-state index >= 15 is 0 Å². The summed E-state index contributed by atoms with van der Waals surface area (Å²) in [5.74, 6) is 0.0228. The van der Waals surface area contributed by atoms with Crippen molar-refractivity contribution >= 4 is 16.8 Å². The van der Waals surface area contributed by atoms with Gasteiger partial charge in [-0.3, -0.25) is 4.79 Å². The molecule has 0 spiro atoms. The number of rotatable bonds is 4. The molecule has 25 heavy (non-hydrogen) atoms. The standard InChI is InChI=1S/C22H24N2O/c1-15-8-9-17(12-16(15)2)21(25)23-14-22(10-11-22)19-13-24(3)20-7-5-4-6-18(19)20/h4-9,12-13H,10-11,14H2,1-3H3,(H,23,25). The second-order valence-corrected chi connectivity index (χ2v) is 7.43. The van der Waals surface area contributed by atoms with E-state index in [0.717, 1.165) is 24.0 Å². The number of hydrogen-bond donors (Lipinski definition) is 1. The molecule has 0 bridgehead atoms. The van der Waals surface area contributed by atoms with Crippen LogP contribution in [0.4, 0.5) is 0 Å². The Morgan fingerprint density at radius 1 is 1.12 bits per heavy atom. The molecule has 1 heterocycles. The van der Waals surface area contributed by atoms with Gasteiger partial charge in [0.15, 0.2) is 0 Å². The monoisotopic (exact) mass is 332 g/mol. The smallest absolute Gasteiger partial charge is 0.251 e. The Bertz CT molecular complexity index is 963. The quantitative estimate of drug-likeness (QED) is 0.761. The van der Waals surface area contributed by atoms with Crippen LogP contribution in [0.3, 0.4) is 0 Å². The molecule has 2 aromatic carbocycles. The lowest BCUT2D eigenvalue weighted by molar-refractivity contribution is 0.0949. The van der Waals surface area contributed by atoms with Gasteiger partial charge in [-0.05, 0) is 61.6 Å². The van der Waals surface area contributed by atoms with Gasteiger partial charge in [-0.25, -0.2) is 0 Å². The molecule has 0 unspecified atom stereocenters. The third-order valence-corrected chi connectivity index (χ3v) is 5.68. The lowest BCUT2D eigenvalue weighted by Crippen LogP contribution is -2.32. The molecule has 1 aromatic heterocycles. The van der Waals surface area contributed by atoms with Gasteiger partial charge >= 0.3 is 0 Å². The molecule has 4 rings (SSSR count). The van der Waals surface area contributed by atoms with Gasteiger partial charge in [0, 0.05) is 41.7 Å². The fourth-order valence-electron chi connectivity index (χ4n) is 3.69. The number of hydrogen-bond acceptors (Lipinski definition) is 1. The summed E-state index contributed by atoms with van der Waals surface area (Å²) >= 11 is 0. The molecule has 3 aromatic rings. The van der Waals surface area contributed by atoms with Gasteiger partial charge in [-0.2, -0.15) is 0 Å². The highest BCUT2D eigenvalue weighted by molar-refractivity contribution is 5.94. The lowest BCUT2D eigenvalue weighted by Gasteiger charge is -2.16. The average Bonchev–Trinajstić information content (AvgIpc) is 3.33. The minimum Gasteiger partial charge on any atom is -0.351 e. The van der Waals surface area contributed by atoms with Crippen LogP contribution in [-0.4, -0.2) is 17.0 Å². The van der Waals surface area contributed by atoms with Crippen LogP contribution in [-0.2, 0) is 12.5 Å². The number of fused-ring (bicyclic) bond motifs is 1. The van der Waals surface area contributed by atoms with Crippen molar-refractivity contribution in [3.05, 3.63) is 70.9 Å². The first-order valence-electron chi connectivity index (χ1n) is 8.90. The summed E-state index contributed by atoms with van der Waals surface area (Å²) in [6, 6.07) is 14.4. The zero-order chi connectivity index (χ0) is 17.6. The number of benzene rings is 2. The fraction of sp³-hybridized carbons (Fsp3) is 0.318. The number of nitrogens with zero attached hydrogens (tertiary/aromatic N) is 1. The van der Waals surface area contributed by atoms with Crippen molar-refractivity contribution in [2.75, 3.05) is 6.54 Å². The summed E-state index contributed by atoms with van der Waals surface area (Å²) in [6.45, 7) is 4.81. The van der Waals surface area contributed by atoms with E-state index in [0.29, 0.717) is 6.54 Å². The molecule has 0 saturated heterocycles. The highest BCUT2D eigenvalue weighted by Crippen LogP contribution is 2.50. The molecular formula is C22H24N2O. The first-order chi connectivity index (χ1) is 12.0. The Morgan fingerprint density at radius 2 is 1.88 bits per heavy atom. The Labute approximate surface area is 148 Å². The number of para-hydroxylation sites is 1. The van der Waals surface area contributed by atoms with E-state index in [1.165, 1.54) is 22.0 Å². The van der Waals surface area contributed by atoms with E-state index in [9.17, 15) is 4.79 Å². The van der Waals surface area contributed by atoms with E-state index in [1.807, 2.05) is 25.1 Å². The fourth-order valence-corrected chi connectivity index (χ4v) is 3.69. The van der Waals surface area contributed by atoms with Crippen LogP contribution in [0.2, 0.25) is 0 Å². The molecule has 1 aliphatic carbocycles. The number of carbonyl (C=O) groups excluding carboxylic acids is 1. The largest absolute Gasteiger partial charge is 0.351 e. The highest BCUT2D eigenvalue weighted by atomic mass is 16.1. The maximum absolute atomic E-state index is 12.6. The van der Waals surface area contributed by atoms with Crippen LogP contribution in [0, 0.1) is 13.8 Å². The average molecular weight is 332 g/mol. The third-order valence-electron chi connectivity index (χ3n) is 5.68. The third kappa shape index (κ3) is 2.74. The summed E-state index contributed by atoms with van der Waals surface area (Å²) in [5, 5.41) is 4.48. The van der Waals surface area contributed by atoms with Crippen molar-refractivity contribution in [2.45, 2.75) is 32.1 Å². The van der Waals surface area contributed by atoms with Crippen LogP contribution in [0.25, 0.3) is 10.9 Å². The topological polar surface area (TPSA) is 34.0 Å². The van der Waals surface area contributed by atoms with E-state index in [2.05, 4.69) is 54.3 Å². The van der Waals surface area contributed by atoms with Crippen molar-refractivity contribution in [1.29, 1.82) is 0 Å². The van der Waals surface area contributed by atoms with Gasteiger partial charge in [-0.1, -0.05) is 24.3 Å². The molecule has 128 valence electrons. The number of carbonyl (C=O) groups is 1. The molecule has 3 heteroatoms. The molecule has 1 aliphatic rings. The van der Waals surface area contributed by atoms with Crippen LogP contribution < -0.4 is 5.32 Å². The van der Waals surface area contributed by atoms with Gasteiger partial charge in [0.05, 0.1) is 0 Å². The van der Waals surface area contributed by atoms with E-state index in [-0.39, 0.29) is 11.3 Å². The van der Waals surface area contributed by atoms with Gasteiger partial charge in [0.25, 0.3) is 5.91 Å². The lowest BCUT2D eigenvalue weighted by atomic mass is 9.95. The Kier molecular flexibility index (Phi) is 3.68. The van der Waals surface area contributed by atoms with Crippen molar-refractivity contribution in [2.24, 2.45) is 7.05 Å². The maximum atomic E-state index is 12.6. The molecule has 1 amide bonds. The first kappa shape index (κ1) is 15.9. The Morgan fingerprint density at radius 3 is 2.60 bits per heavy atom. The number of aromatic nitrogens is 1. The molecule has 1 saturated carbocycles. The van der Waals surface area contributed by atoms with Crippen LogP contribution in [0.1, 0.15) is 39.9 Å². The van der Waals surface area contributed by atoms with Crippen LogP contribution >= 0.6 is 0 Å². The minimum atomic E-state index is 0.0228. The van der Waals surface area contributed by atoms with E-state index < -0.39 is 0 Å². The molecule has 0 aliphatic heterocycles. The zero-order valence-corrected chi connectivity index (χ0v) is 15.1. The normalized spacial score (nSPS) is 15.3. The van der Waals surface area contributed by atoms with Crippen molar-refractivity contribution < 1.29 is 4.79 Å². The molecule has 3 nitrogen and oxygen atoms in total. The van der Waals surface area contributed by atoms with Crippen molar-refractivity contribution in [3.8, 4) is 0 Å². The molecule has 1 fully saturated rings. The summed E-state index contributed by atoms with van der Waals surface area (Å²) < 4.78 is 2.19. The molecule has 0 atom stereocenters. The number of aryl methyl sites for hydroxylation is 3. The zero-order valence-electron chi connectivity index (χ0n) is 15.1. The summed E-state index contributed by atoms with van der Waals surface area (Å²) in [7, 11) is 2.09. The molecular weight excluding hydrogens is 308 g/mol. The summed E-state index contributed by atoms with van der Waals surface area (Å²) in [5.41, 5.74) is 5.83. The van der Waals surface area contributed by atoms with Gasteiger partial charge in [0.1, 0.15) is 0 Å². The predicted octanol–water partition coefficient (Wildman–Crippen LogP) is 4.26. The van der Waals surface area contributed by atoms with Crippen molar-refractivity contribution in [3.63, 3.8) is 0 Å².